The first kappa shape index (κ1) is 19.8. The Balaban J connectivity index is 1.72. The maximum atomic E-state index is 13.0. The van der Waals surface area contributed by atoms with Crippen LogP contribution >= 0.6 is 0 Å². The summed E-state index contributed by atoms with van der Waals surface area (Å²) in [7, 11) is 1.00. The van der Waals surface area contributed by atoms with E-state index >= 15 is 0 Å². The van der Waals surface area contributed by atoms with Crippen molar-refractivity contribution >= 4 is 9.84 Å². The minimum atomic E-state index is -3.28. The summed E-state index contributed by atoms with van der Waals surface area (Å²) in [6, 6.07) is 8.95. The average Bonchev–Trinajstić information content (AvgIpc) is 2.64. The number of benzene rings is 1. The smallest absolute Gasteiger partial charge is 0.179 e. The lowest BCUT2D eigenvalue weighted by atomic mass is 10.2. The van der Waals surface area contributed by atoms with E-state index in [4.69, 9.17) is 0 Å². The molecule has 1 aromatic carbocycles. The third-order valence-corrected chi connectivity index (χ3v) is 7.45. The van der Waals surface area contributed by atoms with Gasteiger partial charge in [0.2, 0.25) is 0 Å². The molecule has 2 aliphatic rings. The number of likely N-dealkylation sites (N-methyl/N-ethyl adjacent to an activating group) is 2. The first-order valence-corrected chi connectivity index (χ1v) is 11.2. The van der Waals surface area contributed by atoms with Crippen LogP contribution in [0.3, 0.4) is 0 Å². The van der Waals surface area contributed by atoms with E-state index in [1.54, 1.807) is 24.3 Å². The highest BCUT2D eigenvalue weighted by molar-refractivity contribution is 7.91. The van der Waals surface area contributed by atoms with Gasteiger partial charge in [-0.1, -0.05) is 18.2 Å². The van der Waals surface area contributed by atoms with Gasteiger partial charge in [-0.15, -0.1) is 0 Å². The number of hydrogen-bond acceptors (Lipinski definition) is 6. The monoisotopic (exact) mass is 380 g/mol. The van der Waals surface area contributed by atoms with Crippen LogP contribution in [0.15, 0.2) is 35.2 Å². The third-order valence-electron chi connectivity index (χ3n) is 5.63. The van der Waals surface area contributed by atoms with Crippen LogP contribution < -0.4 is 0 Å². The fourth-order valence-corrected chi connectivity index (χ4v) is 5.35. The lowest BCUT2D eigenvalue weighted by Crippen LogP contribution is -2.56. The van der Waals surface area contributed by atoms with Crippen LogP contribution in [0.2, 0.25) is 0 Å². The molecule has 0 N–H and O–H groups in total. The zero-order chi connectivity index (χ0) is 18.6. The Kier molecular flexibility index (Phi) is 6.69. The van der Waals surface area contributed by atoms with Gasteiger partial charge in [-0.3, -0.25) is 9.80 Å². The van der Waals surface area contributed by atoms with Crippen molar-refractivity contribution in [2.45, 2.75) is 10.9 Å². The lowest BCUT2D eigenvalue weighted by Gasteiger charge is -2.41. The van der Waals surface area contributed by atoms with Crippen molar-refractivity contribution in [3.63, 3.8) is 0 Å². The summed E-state index contributed by atoms with van der Waals surface area (Å²) in [6.07, 6.45) is 0. The first-order valence-electron chi connectivity index (χ1n) is 9.55. The molecule has 0 aliphatic carbocycles. The predicted molar refractivity (Wildman–Crippen MR) is 105 cm³/mol. The summed E-state index contributed by atoms with van der Waals surface area (Å²) in [5, 5.41) is 0. The van der Waals surface area contributed by atoms with Crippen molar-refractivity contribution in [2.75, 3.05) is 78.8 Å². The Labute approximate surface area is 158 Å². The number of sulfone groups is 1. The minimum absolute atomic E-state index is 0.0531. The van der Waals surface area contributed by atoms with E-state index in [0.717, 1.165) is 58.9 Å². The van der Waals surface area contributed by atoms with Crippen LogP contribution in [0.4, 0.5) is 0 Å². The molecule has 0 radical (unpaired) electrons. The molecule has 26 heavy (non-hydrogen) atoms. The van der Waals surface area contributed by atoms with E-state index in [1.807, 2.05) is 6.07 Å². The largest absolute Gasteiger partial charge is 0.304 e. The molecule has 1 atom stereocenters. The molecular weight excluding hydrogens is 348 g/mol. The fraction of sp³-hybridized carbons (Fsp3) is 0.684. The molecule has 0 amide bonds. The molecule has 2 saturated heterocycles. The van der Waals surface area contributed by atoms with Crippen molar-refractivity contribution in [2.24, 2.45) is 0 Å². The van der Waals surface area contributed by atoms with E-state index in [9.17, 15) is 8.42 Å². The minimum Gasteiger partial charge on any atom is -0.304 e. The van der Waals surface area contributed by atoms with Gasteiger partial charge >= 0.3 is 0 Å². The van der Waals surface area contributed by atoms with Crippen molar-refractivity contribution in [3.05, 3.63) is 30.3 Å². The molecule has 6 nitrogen and oxygen atoms in total. The molecule has 0 spiro atoms. The van der Waals surface area contributed by atoms with E-state index in [2.05, 4.69) is 33.7 Å². The maximum Gasteiger partial charge on any atom is 0.179 e. The van der Waals surface area contributed by atoms with E-state index in [-0.39, 0.29) is 11.8 Å². The predicted octanol–water partition coefficient (Wildman–Crippen LogP) is 0.324. The molecule has 2 fully saturated rings. The second kappa shape index (κ2) is 8.80. The number of hydrogen-bond donors (Lipinski definition) is 0. The van der Waals surface area contributed by atoms with Crippen LogP contribution in [0.25, 0.3) is 0 Å². The maximum absolute atomic E-state index is 13.0. The van der Waals surface area contributed by atoms with Crippen molar-refractivity contribution in [1.29, 1.82) is 0 Å². The number of piperazine rings is 2. The first-order chi connectivity index (χ1) is 12.4. The summed E-state index contributed by atoms with van der Waals surface area (Å²) < 4.78 is 26.0. The zero-order valence-corrected chi connectivity index (χ0v) is 16.9. The quantitative estimate of drug-likeness (QED) is 0.709. The van der Waals surface area contributed by atoms with Gasteiger partial charge in [0.05, 0.1) is 10.6 Å². The Hall–Kier alpha value is -0.990. The van der Waals surface area contributed by atoms with Gasteiger partial charge in [0.15, 0.2) is 9.84 Å². The summed E-state index contributed by atoms with van der Waals surface area (Å²) in [5.74, 6) is 0.201. The second-order valence-corrected chi connectivity index (χ2v) is 9.73. The molecule has 3 rings (SSSR count). The van der Waals surface area contributed by atoms with Crippen LogP contribution in [0.1, 0.15) is 0 Å². The molecular formula is C19H32N4O2S. The van der Waals surface area contributed by atoms with Crippen LogP contribution in [-0.2, 0) is 9.84 Å². The van der Waals surface area contributed by atoms with E-state index in [1.165, 1.54) is 0 Å². The van der Waals surface area contributed by atoms with Crippen molar-refractivity contribution < 1.29 is 8.42 Å². The summed E-state index contributed by atoms with van der Waals surface area (Å²) in [5.41, 5.74) is 0. The van der Waals surface area contributed by atoms with Crippen molar-refractivity contribution in [1.82, 2.24) is 19.6 Å². The Morgan fingerprint density at radius 2 is 1.38 bits per heavy atom. The number of nitrogens with zero attached hydrogens (tertiary/aromatic N) is 4. The molecule has 0 saturated carbocycles. The van der Waals surface area contributed by atoms with Crippen LogP contribution in [-0.4, -0.2) is 113 Å². The average molecular weight is 381 g/mol. The molecule has 0 aromatic heterocycles. The van der Waals surface area contributed by atoms with E-state index < -0.39 is 9.84 Å². The Bertz CT molecular complexity index is 651. The van der Waals surface area contributed by atoms with Gasteiger partial charge in [-0.2, -0.15) is 0 Å². The topological polar surface area (TPSA) is 47.1 Å². The standard InChI is InChI=1S/C19H32N4O2S/c1-20-8-12-22(13-9-20)16-18(23-14-10-21(2)11-15-23)17-26(24,25)19-6-4-3-5-7-19/h3-7,18H,8-17H2,1-2H3/t18-/m0/s1. The van der Waals surface area contributed by atoms with Gasteiger partial charge in [-0.05, 0) is 26.2 Å². The van der Waals surface area contributed by atoms with E-state index in [0.29, 0.717) is 4.90 Å². The van der Waals surface area contributed by atoms with Crippen LogP contribution in [0, 0.1) is 0 Å². The highest BCUT2D eigenvalue weighted by Gasteiger charge is 2.30. The van der Waals surface area contributed by atoms with Gasteiger partial charge < -0.3 is 9.80 Å². The summed E-state index contributed by atoms with van der Waals surface area (Å²) in [6.45, 7) is 8.89. The Morgan fingerprint density at radius 3 is 1.96 bits per heavy atom. The highest BCUT2D eigenvalue weighted by Crippen LogP contribution is 2.17. The second-order valence-electron chi connectivity index (χ2n) is 7.69. The van der Waals surface area contributed by atoms with Crippen molar-refractivity contribution in [3.8, 4) is 0 Å². The zero-order valence-electron chi connectivity index (χ0n) is 16.0. The number of rotatable bonds is 6. The van der Waals surface area contributed by atoms with Crippen LogP contribution in [0.5, 0.6) is 0 Å². The summed E-state index contributed by atoms with van der Waals surface area (Å²) >= 11 is 0. The highest BCUT2D eigenvalue weighted by atomic mass is 32.2. The normalized spacial score (nSPS) is 23.2. The molecule has 2 heterocycles. The molecule has 146 valence electrons. The molecule has 0 unspecified atom stereocenters. The van der Waals surface area contributed by atoms with Gasteiger partial charge in [0, 0.05) is 64.9 Å². The lowest BCUT2D eigenvalue weighted by molar-refractivity contribution is 0.0773. The molecule has 7 heteroatoms. The van der Waals surface area contributed by atoms with Gasteiger partial charge in [-0.25, -0.2) is 8.42 Å². The Morgan fingerprint density at radius 1 is 0.846 bits per heavy atom. The van der Waals surface area contributed by atoms with Gasteiger partial charge in [0.25, 0.3) is 0 Å². The van der Waals surface area contributed by atoms with Gasteiger partial charge in [0.1, 0.15) is 0 Å². The third kappa shape index (κ3) is 5.27. The fourth-order valence-electron chi connectivity index (χ4n) is 3.77. The summed E-state index contributed by atoms with van der Waals surface area (Å²) in [4.78, 5) is 9.91. The molecule has 0 bridgehead atoms. The SMILES string of the molecule is CN1CCN(C[C@@H](CS(=O)(=O)c2ccccc2)N2CCN(C)CC2)CC1. The molecule has 1 aromatic rings. The molecule has 2 aliphatic heterocycles.